The van der Waals surface area contributed by atoms with E-state index in [0.29, 0.717) is 22.3 Å². The molecule has 2 N–H and O–H groups in total. The van der Waals surface area contributed by atoms with Gasteiger partial charge < -0.3 is 15.4 Å². The van der Waals surface area contributed by atoms with E-state index >= 15 is 0 Å². The van der Waals surface area contributed by atoms with Gasteiger partial charge in [0.2, 0.25) is 0 Å². The summed E-state index contributed by atoms with van der Waals surface area (Å²) in [6, 6.07) is 4.92. The fourth-order valence-corrected chi connectivity index (χ4v) is 2.64. The number of carbonyl (C=O) groups excluding carboxylic acids is 1. The maximum absolute atomic E-state index is 11.9. The monoisotopic (exact) mass is 330 g/mol. The number of carbonyl (C=O) groups is 1. The van der Waals surface area contributed by atoms with Crippen LogP contribution in [0.3, 0.4) is 0 Å². The van der Waals surface area contributed by atoms with Gasteiger partial charge >= 0.3 is 0 Å². The number of rotatable bonds is 5. The molecule has 1 amide bonds. The lowest BCUT2D eigenvalue weighted by atomic mass is 9.81. The summed E-state index contributed by atoms with van der Waals surface area (Å²) < 4.78 is 5.41. The smallest absolute Gasteiger partial charge is 0.257 e. The Bertz CT molecular complexity index is 502. The second-order valence-corrected chi connectivity index (χ2v) is 6.54. The number of ether oxygens (including phenoxy) is 1. The van der Waals surface area contributed by atoms with Crippen LogP contribution in [0.15, 0.2) is 18.2 Å². The standard InChI is InChI=1S/C15H20Cl2N2O2/c1-15(4-6-18-7-5-15)10-19-14(20)9-21-13-8-11(16)2-3-12(13)17/h2-3,8,18H,4-7,9-10H2,1H3,(H,19,20). The van der Waals surface area contributed by atoms with Gasteiger partial charge in [0.1, 0.15) is 5.75 Å². The number of benzene rings is 1. The molecule has 6 heteroatoms. The van der Waals surface area contributed by atoms with Crippen molar-refractivity contribution < 1.29 is 9.53 Å². The average molecular weight is 331 g/mol. The summed E-state index contributed by atoms with van der Waals surface area (Å²) in [5, 5.41) is 7.22. The van der Waals surface area contributed by atoms with Crippen LogP contribution in [-0.2, 0) is 4.79 Å². The van der Waals surface area contributed by atoms with Crippen molar-refractivity contribution in [1.29, 1.82) is 0 Å². The Balaban J connectivity index is 1.78. The SMILES string of the molecule is CC1(CNC(=O)COc2cc(Cl)ccc2Cl)CCNCC1. The molecule has 1 aromatic carbocycles. The van der Waals surface area contributed by atoms with E-state index in [-0.39, 0.29) is 17.9 Å². The van der Waals surface area contributed by atoms with E-state index in [1.165, 1.54) is 0 Å². The number of hydrogen-bond acceptors (Lipinski definition) is 3. The minimum atomic E-state index is -0.147. The van der Waals surface area contributed by atoms with E-state index in [4.69, 9.17) is 27.9 Å². The van der Waals surface area contributed by atoms with Crippen LogP contribution in [0.1, 0.15) is 19.8 Å². The van der Waals surface area contributed by atoms with Crippen LogP contribution in [0.4, 0.5) is 0 Å². The molecule has 0 saturated carbocycles. The third-order valence-corrected chi connectivity index (χ3v) is 4.32. The van der Waals surface area contributed by atoms with E-state index in [1.807, 2.05) is 0 Å². The summed E-state index contributed by atoms with van der Waals surface area (Å²) in [5.41, 5.74) is 0.161. The minimum absolute atomic E-state index is 0.0611. The van der Waals surface area contributed by atoms with Gasteiger partial charge in [-0.25, -0.2) is 0 Å². The first-order valence-electron chi connectivity index (χ1n) is 7.04. The first-order valence-corrected chi connectivity index (χ1v) is 7.79. The summed E-state index contributed by atoms with van der Waals surface area (Å²) >= 11 is 11.8. The summed E-state index contributed by atoms with van der Waals surface area (Å²) in [6.45, 7) is 4.80. The van der Waals surface area contributed by atoms with E-state index in [1.54, 1.807) is 18.2 Å². The molecular weight excluding hydrogens is 311 g/mol. The van der Waals surface area contributed by atoms with Gasteiger partial charge in [-0.15, -0.1) is 0 Å². The predicted molar refractivity (Wildman–Crippen MR) is 85.2 cm³/mol. The van der Waals surface area contributed by atoms with Crippen LogP contribution in [0.5, 0.6) is 5.75 Å². The lowest BCUT2D eigenvalue weighted by Gasteiger charge is -2.34. The van der Waals surface area contributed by atoms with Crippen LogP contribution in [-0.4, -0.2) is 32.1 Å². The van der Waals surface area contributed by atoms with Crippen molar-refractivity contribution in [3.63, 3.8) is 0 Å². The molecule has 1 aromatic rings. The third-order valence-electron chi connectivity index (χ3n) is 3.78. The van der Waals surface area contributed by atoms with E-state index < -0.39 is 0 Å². The molecule has 4 nitrogen and oxygen atoms in total. The van der Waals surface area contributed by atoms with Crippen LogP contribution < -0.4 is 15.4 Å². The molecule has 0 unspecified atom stereocenters. The zero-order chi connectivity index (χ0) is 15.3. The number of amides is 1. The second kappa shape index (κ2) is 7.34. The molecule has 1 heterocycles. The quantitative estimate of drug-likeness (QED) is 0.872. The van der Waals surface area contributed by atoms with Crippen LogP contribution in [0.2, 0.25) is 10.0 Å². The molecule has 0 aromatic heterocycles. The third kappa shape index (κ3) is 5.06. The van der Waals surface area contributed by atoms with Gasteiger partial charge in [0.05, 0.1) is 5.02 Å². The Morgan fingerprint density at radius 3 is 2.81 bits per heavy atom. The molecule has 0 atom stereocenters. The number of piperidine rings is 1. The highest BCUT2D eigenvalue weighted by Crippen LogP contribution is 2.28. The summed E-state index contributed by atoms with van der Waals surface area (Å²) in [6.07, 6.45) is 2.13. The lowest BCUT2D eigenvalue weighted by molar-refractivity contribution is -0.123. The molecular formula is C15H20Cl2N2O2. The first kappa shape index (κ1) is 16.4. The van der Waals surface area contributed by atoms with Gasteiger partial charge in [0.15, 0.2) is 6.61 Å². The van der Waals surface area contributed by atoms with E-state index in [0.717, 1.165) is 25.9 Å². The van der Waals surface area contributed by atoms with Crippen LogP contribution in [0, 0.1) is 5.41 Å². The molecule has 1 fully saturated rings. The van der Waals surface area contributed by atoms with Gasteiger partial charge in [-0.05, 0) is 43.5 Å². The van der Waals surface area contributed by atoms with Gasteiger partial charge in [-0.3, -0.25) is 4.79 Å². The topological polar surface area (TPSA) is 50.4 Å². The molecule has 0 spiro atoms. The number of hydrogen-bond donors (Lipinski definition) is 2. The summed E-state index contributed by atoms with van der Waals surface area (Å²) in [4.78, 5) is 11.9. The van der Waals surface area contributed by atoms with Crippen molar-refractivity contribution in [1.82, 2.24) is 10.6 Å². The molecule has 21 heavy (non-hydrogen) atoms. The van der Waals surface area contributed by atoms with Gasteiger partial charge in [0, 0.05) is 17.6 Å². The lowest BCUT2D eigenvalue weighted by Crippen LogP contribution is -2.43. The summed E-state index contributed by atoms with van der Waals surface area (Å²) in [7, 11) is 0. The van der Waals surface area contributed by atoms with Gasteiger partial charge in [0.25, 0.3) is 5.91 Å². The average Bonchev–Trinajstić information content (AvgIpc) is 2.47. The zero-order valence-corrected chi connectivity index (χ0v) is 13.6. The van der Waals surface area contributed by atoms with Crippen LogP contribution >= 0.6 is 23.2 Å². The molecule has 0 radical (unpaired) electrons. The van der Waals surface area contributed by atoms with Crippen molar-refractivity contribution >= 4 is 29.1 Å². The van der Waals surface area contributed by atoms with Crippen LogP contribution in [0.25, 0.3) is 0 Å². The molecule has 0 bridgehead atoms. The predicted octanol–water partition coefficient (Wildman–Crippen LogP) is 2.88. The van der Waals surface area contributed by atoms with Crippen molar-refractivity contribution in [2.24, 2.45) is 5.41 Å². The second-order valence-electron chi connectivity index (χ2n) is 5.70. The highest BCUT2D eigenvalue weighted by Gasteiger charge is 2.26. The van der Waals surface area contributed by atoms with E-state index in [9.17, 15) is 4.79 Å². The molecule has 1 saturated heterocycles. The molecule has 1 aliphatic heterocycles. The van der Waals surface area contributed by atoms with Gasteiger partial charge in [-0.2, -0.15) is 0 Å². The number of nitrogens with one attached hydrogen (secondary N) is 2. The van der Waals surface area contributed by atoms with E-state index in [2.05, 4.69) is 17.6 Å². The summed E-state index contributed by atoms with van der Waals surface area (Å²) in [5.74, 6) is 0.276. The minimum Gasteiger partial charge on any atom is -0.482 e. The first-order chi connectivity index (χ1) is 9.98. The zero-order valence-electron chi connectivity index (χ0n) is 12.0. The molecule has 0 aliphatic carbocycles. The Hall–Kier alpha value is -0.970. The van der Waals surface area contributed by atoms with Crippen molar-refractivity contribution in [3.05, 3.63) is 28.2 Å². The molecule has 1 aliphatic rings. The molecule has 2 rings (SSSR count). The molecule has 116 valence electrons. The van der Waals surface area contributed by atoms with Crippen molar-refractivity contribution in [2.75, 3.05) is 26.2 Å². The normalized spacial score (nSPS) is 17.3. The fourth-order valence-electron chi connectivity index (χ4n) is 2.30. The number of halogens is 2. The Labute approximate surface area is 135 Å². The Morgan fingerprint density at radius 1 is 1.38 bits per heavy atom. The van der Waals surface area contributed by atoms with Gasteiger partial charge in [-0.1, -0.05) is 30.1 Å². The van der Waals surface area contributed by atoms with Crippen molar-refractivity contribution in [2.45, 2.75) is 19.8 Å². The Kier molecular flexibility index (Phi) is 5.73. The maximum atomic E-state index is 11.9. The fraction of sp³-hybridized carbons (Fsp3) is 0.533. The highest BCUT2D eigenvalue weighted by atomic mass is 35.5. The Morgan fingerprint density at radius 2 is 2.10 bits per heavy atom. The maximum Gasteiger partial charge on any atom is 0.257 e. The highest BCUT2D eigenvalue weighted by molar-refractivity contribution is 6.34. The van der Waals surface area contributed by atoms with Crippen molar-refractivity contribution in [3.8, 4) is 5.75 Å². The largest absolute Gasteiger partial charge is 0.482 e.